The Morgan fingerprint density at radius 1 is 1.23 bits per heavy atom. The number of ether oxygens (including phenoxy) is 2. The molecule has 1 aromatic heterocycles. The van der Waals surface area contributed by atoms with Gasteiger partial charge in [0.15, 0.2) is 5.96 Å². The smallest absolute Gasteiger partial charge is 0.232 e. The predicted octanol–water partition coefficient (Wildman–Crippen LogP) is 1.76. The van der Waals surface area contributed by atoms with Crippen molar-refractivity contribution in [2.24, 2.45) is 4.99 Å². The topological polar surface area (TPSA) is 75.1 Å². The lowest BCUT2D eigenvalue weighted by Crippen LogP contribution is -2.53. The first-order chi connectivity index (χ1) is 12.7. The third-order valence-corrected chi connectivity index (χ3v) is 4.82. The molecule has 0 saturated carbocycles. The molecule has 2 rings (SSSR count). The standard InChI is InChI=1S/C17H29BrN6O2/c1-19-16(20-7-5-4-6-12-25-2)23-8-10-24(11-9-23)17-21-13-14(18)15(22-17)26-3/h13H,4-12H2,1-3H3,(H,19,20). The zero-order valence-electron chi connectivity index (χ0n) is 15.9. The van der Waals surface area contributed by atoms with Crippen LogP contribution in [0.1, 0.15) is 19.3 Å². The molecule has 1 fully saturated rings. The molecule has 1 aliphatic heterocycles. The van der Waals surface area contributed by atoms with Gasteiger partial charge in [-0.25, -0.2) is 4.98 Å². The van der Waals surface area contributed by atoms with Crippen LogP contribution in [0.25, 0.3) is 0 Å². The van der Waals surface area contributed by atoms with Gasteiger partial charge >= 0.3 is 0 Å². The first kappa shape index (κ1) is 20.7. The lowest BCUT2D eigenvalue weighted by Gasteiger charge is -2.36. The van der Waals surface area contributed by atoms with Gasteiger partial charge in [0, 0.05) is 53.5 Å². The van der Waals surface area contributed by atoms with Gasteiger partial charge in [-0.3, -0.25) is 4.99 Å². The van der Waals surface area contributed by atoms with E-state index in [-0.39, 0.29) is 0 Å². The highest BCUT2D eigenvalue weighted by molar-refractivity contribution is 9.10. The van der Waals surface area contributed by atoms with Gasteiger partial charge in [-0.15, -0.1) is 0 Å². The highest BCUT2D eigenvalue weighted by atomic mass is 79.9. The first-order valence-electron chi connectivity index (χ1n) is 8.95. The summed E-state index contributed by atoms with van der Waals surface area (Å²) in [6.07, 6.45) is 5.12. The SMILES string of the molecule is CN=C(NCCCCCOC)N1CCN(c2ncc(Br)c(OC)n2)CC1. The quantitative estimate of drug-likeness (QED) is 0.384. The summed E-state index contributed by atoms with van der Waals surface area (Å²) in [5.74, 6) is 2.22. The number of nitrogens with zero attached hydrogens (tertiary/aromatic N) is 5. The summed E-state index contributed by atoms with van der Waals surface area (Å²) in [6.45, 7) is 5.22. The van der Waals surface area contributed by atoms with E-state index in [9.17, 15) is 0 Å². The molecule has 1 aliphatic rings. The number of aromatic nitrogens is 2. The van der Waals surface area contributed by atoms with Crippen LogP contribution in [0.4, 0.5) is 5.95 Å². The normalized spacial score (nSPS) is 15.3. The summed E-state index contributed by atoms with van der Waals surface area (Å²) in [7, 11) is 5.19. The van der Waals surface area contributed by atoms with E-state index in [0.29, 0.717) is 11.8 Å². The zero-order valence-corrected chi connectivity index (χ0v) is 17.5. The van der Waals surface area contributed by atoms with Crippen LogP contribution in [0.5, 0.6) is 5.88 Å². The molecule has 1 N–H and O–H groups in total. The van der Waals surface area contributed by atoms with Crippen molar-refractivity contribution in [3.05, 3.63) is 10.7 Å². The van der Waals surface area contributed by atoms with Crippen LogP contribution in [0.15, 0.2) is 15.7 Å². The fourth-order valence-corrected chi connectivity index (χ4v) is 3.19. The van der Waals surface area contributed by atoms with E-state index in [1.807, 2.05) is 7.05 Å². The van der Waals surface area contributed by atoms with Gasteiger partial charge in [-0.05, 0) is 35.2 Å². The second kappa shape index (κ2) is 11.2. The number of anilines is 1. The van der Waals surface area contributed by atoms with E-state index in [2.05, 4.69) is 46.0 Å². The molecule has 2 heterocycles. The average molecular weight is 429 g/mol. The van der Waals surface area contributed by atoms with Crippen molar-refractivity contribution in [1.82, 2.24) is 20.2 Å². The molecule has 26 heavy (non-hydrogen) atoms. The molecule has 0 amide bonds. The molecule has 0 aromatic carbocycles. The van der Waals surface area contributed by atoms with E-state index in [4.69, 9.17) is 9.47 Å². The van der Waals surface area contributed by atoms with Crippen LogP contribution in [0.3, 0.4) is 0 Å². The highest BCUT2D eigenvalue weighted by Gasteiger charge is 2.22. The van der Waals surface area contributed by atoms with Gasteiger partial charge < -0.3 is 24.6 Å². The van der Waals surface area contributed by atoms with E-state index in [0.717, 1.165) is 69.0 Å². The number of hydrogen-bond donors (Lipinski definition) is 1. The molecule has 8 nitrogen and oxygen atoms in total. The minimum atomic E-state index is 0.559. The Kier molecular flexibility index (Phi) is 8.90. The summed E-state index contributed by atoms with van der Waals surface area (Å²) in [6, 6.07) is 0. The molecule has 0 atom stereocenters. The Bertz CT molecular complexity index is 578. The van der Waals surface area contributed by atoms with E-state index >= 15 is 0 Å². The molecule has 0 spiro atoms. The van der Waals surface area contributed by atoms with Crippen LogP contribution in [-0.2, 0) is 4.74 Å². The lowest BCUT2D eigenvalue weighted by atomic mass is 10.2. The van der Waals surface area contributed by atoms with Crippen molar-refractivity contribution in [2.45, 2.75) is 19.3 Å². The maximum Gasteiger partial charge on any atom is 0.232 e. The van der Waals surface area contributed by atoms with Crippen LogP contribution in [0, 0.1) is 0 Å². The Balaban J connectivity index is 1.79. The molecule has 0 bridgehead atoms. The number of piperazine rings is 1. The molecule has 0 radical (unpaired) electrons. The molecule has 9 heteroatoms. The number of halogens is 1. The van der Waals surface area contributed by atoms with Gasteiger partial charge in [-0.2, -0.15) is 4.98 Å². The van der Waals surface area contributed by atoms with Crippen molar-refractivity contribution in [2.75, 3.05) is 65.5 Å². The minimum absolute atomic E-state index is 0.559. The third-order valence-electron chi connectivity index (χ3n) is 4.27. The summed E-state index contributed by atoms with van der Waals surface area (Å²) in [5.41, 5.74) is 0. The Hall–Kier alpha value is -1.61. The number of unbranched alkanes of at least 4 members (excludes halogenated alkanes) is 2. The molecule has 0 unspecified atom stereocenters. The van der Waals surface area contributed by atoms with E-state index < -0.39 is 0 Å². The number of methoxy groups -OCH3 is 2. The van der Waals surface area contributed by atoms with Gasteiger partial charge in [-0.1, -0.05) is 0 Å². The highest BCUT2D eigenvalue weighted by Crippen LogP contribution is 2.23. The molecule has 146 valence electrons. The van der Waals surface area contributed by atoms with Crippen LogP contribution < -0.4 is 15.0 Å². The van der Waals surface area contributed by atoms with Crippen LogP contribution >= 0.6 is 15.9 Å². The molecular formula is C17H29BrN6O2. The van der Waals surface area contributed by atoms with Crippen molar-refractivity contribution in [3.8, 4) is 5.88 Å². The van der Waals surface area contributed by atoms with Crippen molar-refractivity contribution in [1.29, 1.82) is 0 Å². The van der Waals surface area contributed by atoms with Gasteiger partial charge in [0.25, 0.3) is 0 Å². The second-order valence-corrected chi connectivity index (χ2v) is 6.88. The maximum absolute atomic E-state index is 5.26. The lowest BCUT2D eigenvalue weighted by molar-refractivity contribution is 0.192. The van der Waals surface area contributed by atoms with Crippen molar-refractivity contribution >= 4 is 27.8 Å². The van der Waals surface area contributed by atoms with Gasteiger partial charge in [0.05, 0.1) is 17.8 Å². The second-order valence-electron chi connectivity index (χ2n) is 6.03. The Morgan fingerprint density at radius 3 is 2.65 bits per heavy atom. The van der Waals surface area contributed by atoms with E-state index in [1.54, 1.807) is 20.4 Å². The first-order valence-corrected chi connectivity index (χ1v) is 9.75. The number of guanidine groups is 1. The molecule has 0 aliphatic carbocycles. The number of nitrogens with one attached hydrogen (secondary N) is 1. The predicted molar refractivity (Wildman–Crippen MR) is 107 cm³/mol. The number of hydrogen-bond acceptors (Lipinski definition) is 6. The fourth-order valence-electron chi connectivity index (χ4n) is 2.84. The summed E-state index contributed by atoms with van der Waals surface area (Å²) in [4.78, 5) is 17.7. The number of rotatable bonds is 8. The average Bonchev–Trinajstić information content (AvgIpc) is 2.68. The monoisotopic (exact) mass is 428 g/mol. The summed E-state index contributed by atoms with van der Waals surface area (Å²) >= 11 is 3.39. The molecular weight excluding hydrogens is 400 g/mol. The van der Waals surface area contributed by atoms with Gasteiger partial charge in [0.1, 0.15) is 0 Å². The van der Waals surface area contributed by atoms with Crippen molar-refractivity contribution in [3.63, 3.8) is 0 Å². The van der Waals surface area contributed by atoms with Crippen LogP contribution in [-0.4, -0.2) is 81.4 Å². The Morgan fingerprint density at radius 2 is 2.00 bits per heavy atom. The largest absolute Gasteiger partial charge is 0.480 e. The summed E-state index contributed by atoms with van der Waals surface area (Å²) in [5, 5.41) is 3.46. The fraction of sp³-hybridized carbons (Fsp3) is 0.706. The number of aliphatic imine (C=N–C) groups is 1. The van der Waals surface area contributed by atoms with Crippen LogP contribution in [0.2, 0.25) is 0 Å². The maximum atomic E-state index is 5.26. The van der Waals surface area contributed by atoms with E-state index in [1.165, 1.54) is 0 Å². The van der Waals surface area contributed by atoms with Crippen molar-refractivity contribution < 1.29 is 9.47 Å². The Labute approximate surface area is 164 Å². The third kappa shape index (κ3) is 5.98. The minimum Gasteiger partial charge on any atom is -0.480 e. The summed E-state index contributed by atoms with van der Waals surface area (Å²) < 4.78 is 11.1. The molecule has 1 saturated heterocycles. The van der Waals surface area contributed by atoms with Gasteiger partial charge in [0.2, 0.25) is 11.8 Å². The zero-order chi connectivity index (χ0) is 18.8. The molecule has 1 aromatic rings.